The van der Waals surface area contributed by atoms with E-state index in [4.69, 9.17) is 15.2 Å². The number of carbonyl (C=O) groups excluding carboxylic acids is 1. The van der Waals surface area contributed by atoms with Crippen LogP contribution in [0.3, 0.4) is 0 Å². The van der Waals surface area contributed by atoms with Gasteiger partial charge in [-0.3, -0.25) is 0 Å². The summed E-state index contributed by atoms with van der Waals surface area (Å²) in [6, 6.07) is 10.4. The molecule has 0 fully saturated rings. The second-order valence-electron chi connectivity index (χ2n) is 7.10. The van der Waals surface area contributed by atoms with Gasteiger partial charge in [0.1, 0.15) is 5.82 Å². The molecule has 0 saturated heterocycles. The monoisotopic (exact) mass is 387 g/mol. The Morgan fingerprint density at radius 2 is 1.93 bits per heavy atom. The second-order valence-corrected chi connectivity index (χ2v) is 7.10. The Balaban J connectivity index is 1.79. The normalized spacial score (nSPS) is 13.6. The third kappa shape index (κ3) is 4.72. The molecule has 0 aromatic heterocycles. The molecule has 7 heteroatoms. The number of primary amides is 1. The van der Waals surface area contributed by atoms with Crippen LogP contribution in [-0.4, -0.2) is 44.4 Å². The molecule has 0 bridgehead atoms. The Morgan fingerprint density at radius 1 is 1.18 bits per heavy atom. The Morgan fingerprint density at radius 3 is 2.68 bits per heavy atom. The van der Waals surface area contributed by atoms with Gasteiger partial charge in [-0.05, 0) is 62.2 Å². The summed E-state index contributed by atoms with van der Waals surface area (Å²) in [6.07, 6.45) is 1.76. The number of fused-ring (bicyclic) bond motifs is 1. The zero-order valence-corrected chi connectivity index (χ0v) is 16.2. The van der Waals surface area contributed by atoms with Crippen molar-refractivity contribution in [3.8, 4) is 11.5 Å². The highest BCUT2D eigenvalue weighted by Crippen LogP contribution is 2.36. The van der Waals surface area contributed by atoms with Crippen molar-refractivity contribution in [3.63, 3.8) is 0 Å². The summed E-state index contributed by atoms with van der Waals surface area (Å²) in [6.45, 7) is 0.596. The zero-order chi connectivity index (χ0) is 20.1. The van der Waals surface area contributed by atoms with Crippen molar-refractivity contribution in [1.29, 1.82) is 0 Å². The van der Waals surface area contributed by atoms with Crippen molar-refractivity contribution in [2.24, 2.45) is 5.73 Å². The van der Waals surface area contributed by atoms with Crippen molar-refractivity contribution in [2.45, 2.75) is 25.3 Å². The average Bonchev–Trinajstić information content (AvgIpc) is 3.12. The van der Waals surface area contributed by atoms with Crippen LogP contribution in [0.25, 0.3) is 0 Å². The number of nitrogens with one attached hydrogen (secondary N) is 1. The van der Waals surface area contributed by atoms with Crippen molar-refractivity contribution in [3.05, 3.63) is 58.9 Å². The lowest BCUT2D eigenvalue weighted by Crippen LogP contribution is -2.33. The quantitative estimate of drug-likeness (QED) is 0.730. The van der Waals surface area contributed by atoms with Gasteiger partial charge in [0.15, 0.2) is 11.5 Å². The van der Waals surface area contributed by atoms with Gasteiger partial charge < -0.3 is 25.4 Å². The zero-order valence-electron chi connectivity index (χ0n) is 16.2. The van der Waals surface area contributed by atoms with E-state index in [2.05, 4.69) is 10.2 Å². The summed E-state index contributed by atoms with van der Waals surface area (Å²) in [5.74, 6) is 1.29. The van der Waals surface area contributed by atoms with E-state index >= 15 is 0 Å². The maximum absolute atomic E-state index is 14.6. The first-order valence-corrected chi connectivity index (χ1v) is 9.29. The van der Waals surface area contributed by atoms with E-state index in [0.29, 0.717) is 31.4 Å². The van der Waals surface area contributed by atoms with E-state index in [-0.39, 0.29) is 18.7 Å². The van der Waals surface area contributed by atoms with E-state index in [1.165, 1.54) is 6.07 Å². The largest absolute Gasteiger partial charge is 0.454 e. The molecule has 2 aromatic carbocycles. The minimum Gasteiger partial charge on any atom is -0.454 e. The number of hydrogen-bond acceptors (Lipinski definition) is 4. The van der Waals surface area contributed by atoms with Gasteiger partial charge in [0.05, 0.1) is 0 Å². The van der Waals surface area contributed by atoms with Gasteiger partial charge in [-0.2, -0.15) is 0 Å². The first kappa shape index (κ1) is 19.9. The topological polar surface area (TPSA) is 76.8 Å². The number of urea groups is 1. The molecule has 0 spiro atoms. The Hall–Kier alpha value is -2.80. The molecular formula is C21H26FN3O3. The summed E-state index contributed by atoms with van der Waals surface area (Å²) < 4.78 is 25.7. The molecule has 0 aliphatic carbocycles. The number of nitrogens with zero attached hydrogens (tertiary/aromatic N) is 1. The molecule has 28 heavy (non-hydrogen) atoms. The van der Waals surface area contributed by atoms with Gasteiger partial charge in [-0.25, -0.2) is 9.18 Å². The lowest BCUT2D eigenvalue weighted by molar-refractivity contribution is 0.172. The van der Waals surface area contributed by atoms with Gasteiger partial charge in [0.2, 0.25) is 6.79 Å². The van der Waals surface area contributed by atoms with E-state index < -0.39 is 6.03 Å². The van der Waals surface area contributed by atoms with Gasteiger partial charge in [-0.15, -0.1) is 0 Å². The van der Waals surface area contributed by atoms with Crippen LogP contribution in [0.5, 0.6) is 11.5 Å². The van der Waals surface area contributed by atoms with Gasteiger partial charge in [0, 0.05) is 12.6 Å². The van der Waals surface area contributed by atoms with Crippen LogP contribution in [0.4, 0.5) is 9.18 Å². The molecule has 3 rings (SSSR count). The number of para-hydroxylation sites is 1. The molecule has 2 aromatic rings. The lowest BCUT2D eigenvalue weighted by atomic mass is 9.93. The summed E-state index contributed by atoms with van der Waals surface area (Å²) in [7, 11) is 3.97. The average molecular weight is 387 g/mol. The number of carbonyl (C=O) groups is 1. The fourth-order valence-electron chi connectivity index (χ4n) is 3.46. The number of nitrogens with two attached hydrogens (primary N) is 1. The van der Waals surface area contributed by atoms with Crippen LogP contribution >= 0.6 is 0 Å². The summed E-state index contributed by atoms with van der Waals surface area (Å²) in [4.78, 5) is 13.0. The third-order valence-electron chi connectivity index (χ3n) is 5.01. The molecule has 1 unspecified atom stereocenters. The van der Waals surface area contributed by atoms with Crippen LogP contribution in [0.15, 0.2) is 36.4 Å². The number of rotatable bonds is 8. The minimum atomic E-state index is -0.579. The van der Waals surface area contributed by atoms with E-state index in [1.807, 2.05) is 38.4 Å². The molecular weight excluding hydrogens is 361 g/mol. The van der Waals surface area contributed by atoms with Crippen LogP contribution < -0.4 is 20.5 Å². The smallest absolute Gasteiger partial charge is 0.312 e. The molecule has 2 amide bonds. The predicted molar refractivity (Wildman–Crippen MR) is 105 cm³/mol. The Kier molecular flexibility index (Phi) is 6.36. The summed E-state index contributed by atoms with van der Waals surface area (Å²) >= 11 is 0. The molecule has 6 nitrogen and oxygen atoms in total. The van der Waals surface area contributed by atoms with Gasteiger partial charge >= 0.3 is 6.03 Å². The molecule has 1 heterocycles. The molecule has 0 saturated carbocycles. The number of halogens is 1. The van der Waals surface area contributed by atoms with Crippen LogP contribution in [0.1, 0.15) is 16.7 Å². The van der Waals surface area contributed by atoms with Crippen molar-refractivity contribution < 1.29 is 18.7 Å². The highest BCUT2D eigenvalue weighted by atomic mass is 19.1. The van der Waals surface area contributed by atoms with Crippen molar-refractivity contribution in [2.75, 3.05) is 27.4 Å². The summed E-state index contributed by atoms with van der Waals surface area (Å²) in [5, 5.41) is 2.56. The van der Waals surface area contributed by atoms with Crippen LogP contribution in [-0.2, 0) is 19.3 Å². The molecule has 0 radical (unpaired) electrons. The minimum absolute atomic E-state index is 0.0652. The molecule has 1 aliphatic rings. The van der Waals surface area contributed by atoms with E-state index in [1.54, 1.807) is 6.07 Å². The SMILES string of the molecule is CN(C)C(Cc1cccc2c1OCO2)Cc1c(F)cccc1CCNC(N)=O. The standard InChI is InChI=1S/C21H26FN3O3/c1-25(2)16(11-15-6-4-8-19-20(15)28-13-27-19)12-17-14(5-3-7-18(17)22)9-10-24-21(23)26/h3-8,16H,9-13H2,1-2H3,(H3,23,24,26). The number of hydrogen-bond donors (Lipinski definition) is 2. The Labute approximate surface area is 164 Å². The third-order valence-corrected chi connectivity index (χ3v) is 5.01. The maximum Gasteiger partial charge on any atom is 0.312 e. The maximum atomic E-state index is 14.6. The first-order valence-electron chi connectivity index (χ1n) is 9.29. The first-order chi connectivity index (χ1) is 13.5. The number of benzene rings is 2. The highest BCUT2D eigenvalue weighted by Gasteiger charge is 2.23. The van der Waals surface area contributed by atoms with Gasteiger partial charge in [0.25, 0.3) is 0 Å². The molecule has 3 N–H and O–H groups in total. The highest BCUT2D eigenvalue weighted by molar-refractivity contribution is 5.71. The molecule has 1 atom stereocenters. The lowest BCUT2D eigenvalue weighted by Gasteiger charge is -2.26. The number of likely N-dealkylation sites (N-methyl/N-ethyl adjacent to an activating group) is 1. The fourth-order valence-corrected chi connectivity index (χ4v) is 3.46. The van der Waals surface area contributed by atoms with E-state index in [0.717, 1.165) is 22.6 Å². The second kappa shape index (κ2) is 8.93. The summed E-state index contributed by atoms with van der Waals surface area (Å²) in [5.41, 5.74) is 7.70. The van der Waals surface area contributed by atoms with Crippen molar-refractivity contribution in [1.82, 2.24) is 10.2 Å². The predicted octanol–water partition coefficient (Wildman–Crippen LogP) is 2.48. The molecule has 150 valence electrons. The van der Waals surface area contributed by atoms with Crippen LogP contribution in [0.2, 0.25) is 0 Å². The molecule has 1 aliphatic heterocycles. The number of ether oxygens (including phenoxy) is 2. The van der Waals surface area contributed by atoms with Gasteiger partial charge in [-0.1, -0.05) is 24.3 Å². The fraction of sp³-hybridized carbons (Fsp3) is 0.381. The Bertz CT molecular complexity index is 842. The van der Waals surface area contributed by atoms with Crippen molar-refractivity contribution >= 4 is 6.03 Å². The van der Waals surface area contributed by atoms with Crippen LogP contribution in [0, 0.1) is 5.82 Å². The van der Waals surface area contributed by atoms with E-state index in [9.17, 15) is 9.18 Å². The number of amides is 2.